The molecule has 0 spiro atoms. The highest BCUT2D eigenvalue weighted by atomic mass is 32.1. The van der Waals surface area contributed by atoms with Gasteiger partial charge in [-0.05, 0) is 17.5 Å². The molecule has 3 nitrogen and oxygen atoms in total. The van der Waals surface area contributed by atoms with Gasteiger partial charge in [-0.1, -0.05) is 0 Å². The van der Waals surface area contributed by atoms with Gasteiger partial charge < -0.3 is 4.74 Å². The van der Waals surface area contributed by atoms with Gasteiger partial charge >= 0.3 is 0 Å². The lowest BCUT2D eigenvalue weighted by molar-refractivity contribution is 0.398. The average Bonchev–Trinajstić information content (AvgIpc) is 2.62. The summed E-state index contributed by atoms with van der Waals surface area (Å²) in [5, 5.41) is 10.7. The Hall–Kier alpha value is -1.60. The summed E-state index contributed by atoms with van der Waals surface area (Å²) in [6, 6.07) is 5.75. The van der Waals surface area contributed by atoms with E-state index >= 15 is 0 Å². The summed E-state index contributed by atoms with van der Waals surface area (Å²) in [5.41, 5.74) is 1.36. The molecule has 0 bridgehead atoms. The second-order valence-electron chi connectivity index (χ2n) is 2.46. The molecule has 64 valence electrons. The minimum atomic E-state index is 0.397. The third kappa shape index (κ3) is 1.23. The van der Waals surface area contributed by atoms with Crippen LogP contribution in [0.1, 0.15) is 5.56 Å². The minimum absolute atomic E-state index is 0.397. The van der Waals surface area contributed by atoms with Crippen molar-refractivity contribution in [2.75, 3.05) is 7.11 Å². The van der Waals surface area contributed by atoms with Crippen molar-refractivity contribution < 1.29 is 4.74 Å². The van der Waals surface area contributed by atoms with E-state index in [9.17, 15) is 0 Å². The predicted octanol–water partition coefficient (Wildman–Crippen LogP) is 2.18. The second-order valence-corrected chi connectivity index (χ2v) is 3.41. The Labute approximate surface area is 79.2 Å². The monoisotopic (exact) mass is 190 g/mol. The molecule has 0 radical (unpaired) electrons. The maximum absolute atomic E-state index is 8.78. The Balaban J connectivity index is 2.76. The molecule has 0 fully saturated rings. The molecule has 13 heavy (non-hydrogen) atoms. The maximum atomic E-state index is 8.78. The fraction of sp³-hybridized carbons (Fsp3) is 0.111. The zero-order valence-electron chi connectivity index (χ0n) is 6.94. The van der Waals surface area contributed by atoms with Crippen LogP contribution in [0.15, 0.2) is 17.5 Å². The zero-order valence-corrected chi connectivity index (χ0v) is 7.76. The van der Waals surface area contributed by atoms with Crippen LogP contribution in [0.4, 0.5) is 0 Å². The van der Waals surface area contributed by atoms with Crippen LogP contribution in [-0.2, 0) is 0 Å². The Morgan fingerprint density at radius 1 is 1.62 bits per heavy atom. The van der Waals surface area contributed by atoms with E-state index < -0.39 is 0 Å². The first kappa shape index (κ1) is 8.02. The molecule has 2 aromatic heterocycles. The first-order chi connectivity index (χ1) is 6.35. The van der Waals surface area contributed by atoms with Crippen molar-refractivity contribution in [2.45, 2.75) is 0 Å². The first-order valence-corrected chi connectivity index (χ1v) is 4.55. The van der Waals surface area contributed by atoms with E-state index in [-0.39, 0.29) is 0 Å². The molecule has 0 atom stereocenters. The molecule has 2 aromatic rings. The highest BCUT2D eigenvalue weighted by Gasteiger charge is 2.06. The normalized spacial score (nSPS) is 9.85. The summed E-state index contributed by atoms with van der Waals surface area (Å²) in [7, 11) is 1.52. The molecular formula is C9H6N2OS. The topological polar surface area (TPSA) is 45.9 Å². The maximum Gasteiger partial charge on any atom is 0.232 e. The summed E-state index contributed by atoms with van der Waals surface area (Å²) in [6.45, 7) is 0. The smallest absolute Gasteiger partial charge is 0.232 e. The largest absolute Gasteiger partial charge is 0.480 e. The molecule has 2 rings (SSSR count). The third-order valence-electron chi connectivity index (χ3n) is 1.72. The van der Waals surface area contributed by atoms with Gasteiger partial charge in [0, 0.05) is 0 Å². The summed E-state index contributed by atoms with van der Waals surface area (Å²) < 4.78 is 6.00. The predicted molar refractivity (Wildman–Crippen MR) is 50.9 cm³/mol. The van der Waals surface area contributed by atoms with Gasteiger partial charge in [-0.15, -0.1) is 11.3 Å². The van der Waals surface area contributed by atoms with Gasteiger partial charge in [-0.2, -0.15) is 5.26 Å². The lowest BCUT2D eigenvalue weighted by Crippen LogP contribution is -1.90. The van der Waals surface area contributed by atoms with Crippen LogP contribution in [0, 0.1) is 11.3 Å². The highest BCUT2D eigenvalue weighted by molar-refractivity contribution is 7.17. The van der Waals surface area contributed by atoms with Crippen molar-refractivity contribution in [1.82, 2.24) is 4.98 Å². The molecule has 0 unspecified atom stereocenters. The van der Waals surface area contributed by atoms with Crippen LogP contribution < -0.4 is 4.74 Å². The molecule has 0 aliphatic carbocycles. The van der Waals surface area contributed by atoms with Crippen molar-refractivity contribution in [3.8, 4) is 11.9 Å². The van der Waals surface area contributed by atoms with Crippen LogP contribution in [0.3, 0.4) is 0 Å². The van der Waals surface area contributed by atoms with Crippen LogP contribution >= 0.6 is 11.3 Å². The van der Waals surface area contributed by atoms with Crippen LogP contribution in [0.2, 0.25) is 0 Å². The van der Waals surface area contributed by atoms with E-state index in [1.54, 1.807) is 17.4 Å². The molecule has 0 aliphatic heterocycles. The number of rotatable bonds is 1. The molecular weight excluding hydrogens is 184 g/mol. The van der Waals surface area contributed by atoms with Crippen LogP contribution in [-0.4, -0.2) is 12.1 Å². The quantitative estimate of drug-likeness (QED) is 0.692. The van der Waals surface area contributed by atoms with Gasteiger partial charge in [0.1, 0.15) is 11.6 Å². The summed E-state index contributed by atoms with van der Waals surface area (Å²) in [6.07, 6.45) is 0. The summed E-state index contributed by atoms with van der Waals surface area (Å²) >= 11 is 1.57. The van der Waals surface area contributed by atoms with Gasteiger partial charge in [0.25, 0.3) is 0 Å². The first-order valence-electron chi connectivity index (χ1n) is 3.67. The van der Waals surface area contributed by atoms with Crippen molar-refractivity contribution in [3.63, 3.8) is 0 Å². The van der Waals surface area contributed by atoms with E-state index in [2.05, 4.69) is 4.98 Å². The number of hydrogen-bond acceptors (Lipinski definition) is 4. The lowest BCUT2D eigenvalue weighted by Gasteiger charge is -1.99. The third-order valence-corrected chi connectivity index (χ3v) is 2.57. The van der Waals surface area contributed by atoms with Crippen LogP contribution in [0.5, 0.6) is 5.88 Å². The van der Waals surface area contributed by atoms with E-state index in [0.717, 1.165) is 10.2 Å². The zero-order chi connectivity index (χ0) is 9.26. The van der Waals surface area contributed by atoms with Crippen molar-refractivity contribution in [2.24, 2.45) is 0 Å². The molecule has 2 heterocycles. The summed E-state index contributed by atoms with van der Waals surface area (Å²) in [5.74, 6) is 0.397. The van der Waals surface area contributed by atoms with E-state index in [1.165, 1.54) is 7.11 Å². The Bertz CT molecular complexity index is 484. The number of nitrogens with zero attached hydrogens (tertiary/aromatic N) is 2. The van der Waals surface area contributed by atoms with E-state index in [0.29, 0.717) is 11.4 Å². The molecule has 0 saturated carbocycles. The van der Waals surface area contributed by atoms with E-state index in [4.69, 9.17) is 10.00 Å². The molecule has 0 saturated heterocycles. The molecule has 4 heteroatoms. The van der Waals surface area contributed by atoms with Crippen molar-refractivity contribution in [3.05, 3.63) is 23.1 Å². The average molecular weight is 190 g/mol. The SMILES string of the molecule is COc1nc2ccsc2cc1C#N. The lowest BCUT2D eigenvalue weighted by atomic mass is 10.3. The molecule has 0 amide bonds. The van der Waals surface area contributed by atoms with Gasteiger partial charge in [-0.3, -0.25) is 0 Å². The fourth-order valence-electron chi connectivity index (χ4n) is 1.11. The standard InChI is InChI=1S/C9H6N2OS/c1-12-9-6(5-10)4-8-7(11-9)2-3-13-8/h2-4H,1H3. The Kier molecular flexibility index (Phi) is 1.87. The second kappa shape index (κ2) is 3.04. The Morgan fingerprint density at radius 3 is 3.15 bits per heavy atom. The van der Waals surface area contributed by atoms with E-state index in [1.807, 2.05) is 17.5 Å². The summed E-state index contributed by atoms with van der Waals surface area (Å²) in [4.78, 5) is 4.19. The van der Waals surface area contributed by atoms with Gasteiger partial charge in [-0.25, -0.2) is 4.98 Å². The fourth-order valence-corrected chi connectivity index (χ4v) is 1.88. The highest BCUT2D eigenvalue weighted by Crippen LogP contribution is 2.25. The van der Waals surface area contributed by atoms with Gasteiger partial charge in [0.05, 0.1) is 17.3 Å². The van der Waals surface area contributed by atoms with Crippen LogP contribution in [0.25, 0.3) is 10.2 Å². The van der Waals surface area contributed by atoms with Gasteiger partial charge in [0.15, 0.2) is 0 Å². The molecule has 0 aromatic carbocycles. The van der Waals surface area contributed by atoms with Gasteiger partial charge in [0.2, 0.25) is 5.88 Å². The minimum Gasteiger partial charge on any atom is -0.480 e. The number of nitriles is 1. The number of aromatic nitrogens is 1. The molecule has 0 aliphatic rings. The number of ether oxygens (including phenoxy) is 1. The van der Waals surface area contributed by atoms with Crippen molar-refractivity contribution >= 4 is 21.6 Å². The number of hydrogen-bond donors (Lipinski definition) is 0. The molecule has 0 N–H and O–H groups in total. The number of pyridine rings is 1. The number of methoxy groups -OCH3 is 1. The Morgan fingerprint density at radius 2 is 2.46 bits per heavy atom. The number of thiophene rings is 1. The van der Waals surface area contributed by atoms with Crippen molar-refractivity contribution in [1.29, 1.82) is 5.26 Å². The number of fused-ring (bicyclic) bond motifs is 1.